The molecule has 0 saturated carbocycles. The summed E-state index contributed by atoms with van der Waals surface area (Å²) in [5, 5.41) is 0. The molecule has 7 heteroatoms. The molecule has 4 unspecified atom stereocenters. The van der Waals surface area contributed by atoms with E-state index in [1.54, 1.807) is 0 Å². The Balaban J connectivity index is 0.984. The van der Waals surface area contributed by atoms with Crippen LogP contribution in [0.5, 0.6) is 0 Å². The predicted octanol–water partition coefficient (Wildman–Crippen LogP) is 3.54. The van der Waals surface area contributed by atoms with E-state index in [4.69, 9.17) is 4.74 Å². The zero-order chi connectivity index (χ0) is 24.3. The number of halogens is 1. The van der Waals surface area contributed by atoms with Gasteiger partial charge in [0.1, 0.15) is 5.82 Å². The lowest BCUT2D eigenvalue weighted by Crippen LogP contribution is -2.46. The number of ether oxygens (including phenoxy) is 1. The van der Waals surface area contributed by atoms with Crippen molar-refractivity contribution in [2.75, 3.05) is 44.2 Å². The van der Waals surface area contributed by atoms with Crippen molar-refractivity contribution in [1.29, 1.82) is 0 Å². The molecule has 6 nitrogen and oxygen atoms in total. The Labute approximate surface area is 206 Å². The van der Waals surface area contributed by atoms with Gasteiger partial charge in [0.25, 0.3) is 0 Å². The summed E-state index contributed by atoms with van der Waals surface area (Å²) in [4.78, 5) is 32.8. The highest BCUT2D eigenvalue weighted by Gasteiger charge is 2.64. The predicted molar refractivity (Wildman–Crippen MR) is 131 cm³/mol. The number of carbonyl (C=O) groups excluding carboxylic acids is 2. The molecule has 0 N–H and O–H groups in total. The summed E-state index contributed by atoms with van der Waals surface area (Å²) < 4.78 is 19.4. The number of rotatable bonds is 6. The number of benzene rings is 1. The van der Waals surface area contributed by atoms with Gasteiger partial charge in [-0.05, 0) is 81.5 Å². The van der Waals surface area contributed by atoms with Crippen LogP contribution in [0.15, 0.2) is 46.6 Å². The third-order valence-corrected chi connectivity index (χ3v) is 8.84. The minimum atomic E-state index is -0.308. The van der Waals surface area contributed by atoms with Crippen LogP contribution >= 0.6 is 0 Å². The molecular formula is C28H34FN3O3. The molecule has 0 spiro atoms. The molecule has 1 aliphatic carbocycles. The fraction of sp³-hybridized carbons (Fsp3) is 0.571. The second-order valence-electron chi connectivity index (χ2n) is 10.8. The molecule has 186 valence electrons. The quantitative estimate of drug-likeness (QED) is 0.355. The number of hydrogen-bond acceptors (Lipinski definition) is 5. The number of allylic oxidation sites excluding steroid dienone is 2. The topological polar surface area (TPSA) is 53.1 Å². The Hall–Kier alpha value is -2.51. The van der Waals surface area contributed by atoms with Gasteiger partial charge >= 0.3 is 0 Å². The normalized spacial score (nSPS) is 30.6. The van der Waals surface area contributed by atoms with Crippen LogP contribution in [0.1, 0.15) is 39.5 Å². The van der Waals surface area contributed by atoms with Crippen molar-refractivity contribution in [2.45, 2.75) is 51.7 Å². The number of carbonyl (C=O) groups is 2. The number of unbranched alkanes of at least 4 members (excludes halogenated alkanes) is 1. The van der Waals surface area contributed by atoms with Crippen molar-refractivity contribution in [1.82, 2.24) is 9.80 Å². The Morgan fingerprint density at radius 3 is 1.94 bits per heavy atom. The van der Waals surface area contributed by atoms with E-state index in [0.717, 1.165) is 64.1 Å². The molecule has 4 heterocycles. The number of anilines is 1. The second kappa shape index (κ2) is 8.86. The second-order valence-corrected chi connectivity index (χ2v) is 10.8. The molecule has 3 saturated heterocycles. The van der Waals surface area contributed by atoms with Crippen molar-refractivity contribution in [3.63, 3.8) is 0 Å². The van der Waals surface area contributed by atoms with E-state index in [-0.39, 0.29) is 41.7 Å². The van der Waals surface area contributed by atoms with Crippen molar-refractivity contribution >= 4 is 17.5 Å². The third-order valence-electron chi connectivity index (χ3n) is 8.84. The van der Waals surface area contributed by atoms with E-state index in [2.05, 4.69) is 23.6 Å². The maximum atomic E-state index is 13.2. The SMILES string of the molecule is CC1=C(C)CC2=C(C1)C1OC2C2C(=O)N(CCCCN3CCN(c4ccc(F)cc4)CC3)C(=O)C12. The highest BCUT2D eigenvalue weighted by molar-refractivity contribution is 6.07. The van der Waals surface area contributed by atoms with Crippen molar-refractivity contribution in [3.8, 4) is 0 Å². The van der Waals surface area contributed by atoms with E-state index in [1.807, 2.05) is 12.1 Å². The van der Waals surface area contributed by atoms with Gasteiger partial charge in [-0.3, -0.25) is 19.4 Å². The van der Waals surface area contributed by atoms with Crippen molar-refractivity contribution in [3.05, 3.63) is 52.4 Å². The minimum absolute atomic E-state index is 0.0177. The van der Waals surface area contributed by atoms with E-state index >= 15 is 0 Å². The zero-order valence-corrected chi connectivity index (χ0v) is 20.6. The van der Waals surface area contributed by atoms with Gasteiger partial charge in [0.05, 0.1) is 24.0 Å². The number of piperazine rings is 1. The number of amides is 2. The number of nitrogens with zero attached hydrogens (tertiary/aromatic N) is 3. The molecule has 2 amide bonds. The average Bonchev–Trinajstić information content (AvgIpc) is 3.48. The minimum Gasteiger partial charge on any atom is -0.369 e. The Bertz CT molecular complexity index is 1050. The Morgan fingerprint density at radius 1 is 0.829 bits per heavy atom. The molecular weight excluding hydrogens is 445 g/mol. The monoisotopic (exact) mass is 479 g/mol. The van der Waals surface area contributed by atoms with Gasteiger partial charge in [-0.25, -0.2) is 4.39 Å². The lowest BCUT2D eigenvalue weighted by molar-refractivity contribution is -0.142. The number of likely N-dealkylation sites (tertiary alicyclic amines) is 1. The summed E-state index contributed by atoms with van der Waals surface area (Å²) in [6, 6.07) is 6.70. The summed E-state index contributed by atoms with van der Waals surface area (Å²) in [6.07, 6.45) is 3.19. The van der Waals surface area contributed by atoms with Gasteiger partial charge in [0, 0.05) is 38.4 Å². The molecule has 5 aliphatic rings. The molecule has 35 heavy (non-hydrogen) atoms. The maximum absolute atomic E-state index is 13.2. The first-order chi connectivity index (χ1) is 16.9. The summed E-state index contributed by atoms with van der Waals surface area (Å²) in [5.74, 6) is -0.856. The van der Waals surface area contributed by atoms with Crippen molar-refractivity contribution < 1.29 is 18.7 Å². The zero-order valence-electron chi connectivity index (χ0n) is 20.6. The van der Waals surface area contributed by atoms with Gasteiger partial charge in [0.15, 0.2) is 0 Å². The van der Waals surface area contributed by atoms with Crippen LogP contribution < -0.4 is 4.90 Å². The van der Waals surface area contributed by atoms with Crippen LogP contribution in [-0.2, 0) is 14.3 Å². The number of hydrogen-bond donors (Lipinski definition) is 0. The maximum Gasteiger partial charge on any atom is 0.236 e. The van der Waals surface area contributed by atoms with Crippen LogP contribution in [0.4, 0.5) is 10.1 Å². The highest BCUT2D eigenvalue weighted by Crippen LogP contribution is 2.55. The van der Waals surface area contributed by atoms with Crippen LogP contribution in [-0.4, -0.2) is 73.1 Å². The molecule has 2 bridgehead atoms. The van der Waals surface area contributed by atoms with Crippen molar-refractivity contribution in [2.24, 2.45) is 11.8 Å². The first kappa shape index (κ1) is 22.9. The molecule has 0 radical (unpaired) electrons. The van der Waals surface area contributed by atoms with Gasteiger partial charge in [-0.1, -0.05) is 11.1 Å². The number of imide groups is 1. The Kier molecular flexibility index (Phi) is 5.80. The summed E-state index contributed by atoms with van der Waals surface area (Å²) in [6.45, 7) is 9.59. The van der Waals surface area contributed by atoms with Gasteiger partial charge in [0.2, 0.25) is 11.8 Å². The third kappa shape index (κ3) is 3.84. The fourth-order valence-electron chi connectivity index (χ4n) is 6.71. The van der Waals surface area contributed by atoms with E-state index in [1.165, 1.54) is 39.3 Å². The van der Waals surface area contributed by atoms with E-state index in [9.17, 15) is 14.0 Å². The number of fused-ring (bicyclic) bond motifs is 7. The standard InChI is InChI=1S/C28H34FN3O3/c1-17-15-21-22(16-18(17)2)26-24-23(25(21)35-26)27(33)32(28(24)34)10-4-3-9-30-11-13-31(14-12-30)20-7-5-19(29)6-8-20/h5-8,23-26H,3-4,9-16H2,1-2H3. The molecule has 6 rings (SSSR count). The van der Waals surface area contributed by atoms with Crippen LogP contribution in [0, 0.1) is 17.7 Å². The average molecular weight is 480 g/mol. The van der Waals surface area contributed by atoms with Gasteiger partial charge in [-0.15, -0.1) is 0 Å². The van der Waals surface area contributed by atoms with Gasteiger partial charge < -0.3 is 9.64 Å². The first-order valence-electron chi connectivity index (χ1n) is 13.0. The smallest absolute Gasteiger partial charge is 0.236 e. The largest absolute Gasteiger partial charge is 0.369 e. The summed E-state index contributed by atoms with van der Waals surface area (Å²) in [5.41, 5.74) is 6.38. The van der Waals surface area contributed by atoms with Crippen LogP contribution in [0.3, 0.4) is 0 Å². The van der Waals surface area contributed by atoms with E-state index < -0.39 is 0 Å². The lowest BCUT2D eigenvalue weighted by atomic mass is 9.71. The lowest BCUT2D eigenvalue weighted by Gasteiger charge is -2.36. The molecule has 0 aromatic heterocycles. The molecule has 1 aromatic carbocycles. The first-order valence-corrected chi connectivity index (χ1v) is 13.0. The van der Waals surface area contributed by atoms with Gasteiger partial charge in [-0.2, -0.15) is 0 Å². The fourth-order valence-corrected chi connectivity index (χ4v) is 6.71. The summed E-state index contributed by atoms with van der Waals surface area (Å²) >= 11 is 0. The van der Waals surface area contributed by atoms with Crippen LogP contribution in [0.25, 0.3) is 0 Å². The van der Waals surface area contributed by atoms with Crippen LogP contribution in [0.2, 0.25) is 0 Å². The van der Waals surface area contributed by atoms with E-state index in [0.29, 0.717) is 6.54 Å². The molecule has 4 aliphatic heterocycles. The Morgan fingerprint density at radius 2 is 1.37 bits per heavy atom. The summed E-state index contributed by atoms with van der Waals surface area (Å²) in [7, 11) is 0. The highest BCUT2D eigenvalue weighted by atomic mass is 19.1. The molecule has 3 fully saturated rings. The molecule has 1 aromatic rings. The molecule has 4 atom stereocenters.